The summed E-state index contributed by atoms with van der Waals surface area (Å²) in [4.78, 5) is 13.7. The molecule has 3 aromatic carbocycles. The zero-order valence-electron chi connectivity index (χ0n) is 17.3. The van der Waals surface area contributed by atoms with Gasteiger partial charge >= 0.3 is 0 Å². The van der Waals surface area contributed by atoms with Gasteiger partial charge in [0.25, 0.3) is 0 Å². The third-order valence-corrected chi connectivity index (χ3v) is 5.96. The maximum atomic E-state index is 13.7. The molecule has 0 spiro atoms. The number of hydrogen-bond acceptors (Lipinski definition) is 2. The highest BCUT2D eigenvalue weighted by molar-refractivity contribution is 6.07. The van der Waals surface area contributed by atoms with Crippen LogP contribution in [0.2, 0.25) is 0 Å². The van der Waals surface area contributed by atoms with Gasteiger partial charge in [-0.2, -0.15) is 0 Å². The van der Waals surface area contributed by atoms with Gasteiger partial charge in [0.2, 0.25) is 5.91 Å². The number of ether oxygens (including phenoxy) is 1. The van der Waals surface area contributed by atoms with Crippen molar-refractivity contribution in [3.63, 3.8) is 0 Å². The number of carbonyl (C=O) groups excluding carboxylic acids is 1. The van der Waals surface area contributed by atoms with E-state index in [1.54, 1.807) is 0 Å². The second kappa shape index (κ2) is 8.28. The molecule has 3 nitrogen and oxygen atoms in total. The molecule has 0 atom stereocenters. The van der Waals surface area contributed by atoms with Crippen LogP contribution < -0.4 is 10.1 Å². The Hall–Kier alpha value is -2.81. The highest BCUT2D eigenvalue weighted by Gasteiger charge is 2.41. The standard InChI is InChI=1S/C26H29NO2/c1-19(2)29-24-16-15-23(21-13-7-8-14-22(21)24)27-25(28)26(17-9-4-10-18-26)20-11-5-3-6-12-20/h3,5-8,11-16,19H,4,9-10,17-18H2,1-2H3,(H,27,28). The molecule has 0 aliphatic heterocycles. The monoisotopic (exact) mass is 387 g/mol. The molecular formula is C26H29NO2. The predicted octanol–water partition coefficient (Wildman–Crippen LogP) is 6.47. The molecule has 1 saturated carbocycles. The Kier molecular flexibility index (Phi) is 5.57. The first kappa shape index (κ1) is 19.5. The van der Waals surface area contributed by atoms with Crippen molar-refractivity contribution in [2.45, 2.75) is 57.5 Å². The van der Waals surface area contributed by atoms with E-state index in [9.17, 15) is 4.79 Å². The first-order valence-electron chi connectivity index (χ1n) is 10.7. The SMILES string of the molecule is CC(C)Oc1ccc(NC(=O)C2(c3ccccc3)CCCCC2)c2ccccc12. The molecule has 1 aliphatic carbocycles. The number of amides is 1. The van der Waals surface area contributed by atoms with Crippen LogP contribution in [-0.4, -0.2) is 12.0 Å². The number of hydrogen-bond donors (Lipinski definition) is 1. The van der Waals surface area contributed by atoms with Crippen LogP contribution in [0, 0.1) is 0 Å². The van der Waals surface area contributed by atoms with Gasteiger partial charge < -0.3 is 10.1 Å². The lowest BCUT2D eigenvalue weighted by molar-refractivity contribution is -0.122. The average molecular weight is 388 g/mol. The molecule has 3 aromatic rings. The summed E-state index contributed by atoms with van der Waals surface area (Å²) in [5, 5.41) is 5.32. The van der Waals surface area contributed by atoms with Crippen molar-refractivity contribution in [3.05, 3.63) is 72.3 Å². The van der Waals surface area contributed by atoms with Crippen LogP contribution >= 0.6 is 0 Å². The molecule has 0 bridgehead atoms. The minimum absolute atomic E-state index is 0.0995. The number of rotatable bonds is 5. The van der Waals surface area contributed by atoms with Crippen LogP contribution in [0.3, 0.4) is 0 Å². The molecule has 0 aromatic heterocycles. The third-order valence-electron chi connectivity index (χ3n) is 5.96. The topological polar surface area (TPSA) is 38.3 Å². The second-order valence-electron chi connectivity index (χ2n) is 8.29. The summed E-state index contributed by atoms with van der Waals surface area (Å²) in [6.45, 7) is 4.05. The summed E-state index contributed by atoms with van der Waals surface area (Å²) in [6, 6.07) is 22.3. The molecule has 1 N–H and O–H groups in total. The van der Waals surface area contributed by atoms with E-state index in [0.29, 0.717) is 0 Å². The molecule has 4 rings (SSSR count). The minimum atomic E-state index is -0.451. The van der Waals surface area contributed by atoms with Crippen LogP contribution in [0.1, 0.15) is 51.5 Å². The quantitative estimate of drug-likeness (QED) is 0.545. The molecular weight excluding hydrogens is 358 g/mol. The van der Waals surface area contributed by atoms with Crippen molar-refractivity contribution in [2.75, 3.05) is 5.32 Å². The Morgan fingerprint density at radius 2 is 1.52 bits per heavy atom. The number of nitrogens with one attached hydrogen (secondary N) is 1. The maximum absolute atomic E-state index is 13.7. The molecule has 3 heteroatoms. The van der Waals surface area contributed by atoms with E-state index in [4.69, 9.17) is 4.74 Å². The smallest absolute Gasteiger partial charge is 0.235 e. The van der Waals surface area contributed by atoms with Crippen LogP contribution in [0.15, 0.2) is 66.7 Å². The van der Waals surface area contributed by atoms with Gasteiger partial charge in [-0.1, -0.05) is 73.9 Å². The van der Waals surface area contributed by atoms with Crippen molar-refractivity contribution in [1.82, 2.24) is 0 Å². The molecule has 29 heavy (non-hydrogen) atoms. The number of carbonyl (C=O) groups is 1. The maximum Gasteiger partial charge on any atom is 0.235 e. The zero-order valence-corrected chi connectivity index (χ0v) is 17.3. The lowest BCUT2D eigenvalue weighted by atomic mass is 9.68. The van der Waals surface area contributed by atoms with Crippen molar-refractivity contribution < 1.29 is 9.53 Å². The van der Waals surface area contributed by atoms with Crippen LogP contribution in [0.4, 0.5) is 5.69 Å². The minimum Gasteiger partial charge on any atom is -0.490 e. The van der Waals surface area contributed by atoms with Gasteiger partial charge in [-0.25, -0.2) is 0 Å². The van der Waals surface area contributed by atoms with Crippen molar-refractivity contribution >= 4 is 22.4 Å². The van der Waals surface area contributed by atoms with E-state index in [2.05, 4.69) is 23.5 Å². The summed E-state index contributed by atoms with van der Waals surface area (Å²) in [6.07, 6.45) is 5.27. The number of fused-ring (bicyclic) bond motifs is 1. The fraction of sp³-hybridized carbons (Fsp3) is 0.346. The number of anilines is 1. The Morgan fingerprint density at radius 1 is 0.862 bits per heavy atom. The van der Waals surface area contributed by atoms with Crippen LogP contribution in [0.25, 0.3) is 10.8 Å². The lowest BCUT2D eigenvalue weighted by Gasteiger charge is -2.36. The van der Waals surface area contributed by atoms with E-state index in [1.165, 1.54) is 6.42 Å². The van der Waals surface area contributed by atoms with E-state index in [1.807, 2.05) is 62.4 Å². The summed E-state index contributed by atoms with van der Waals surface area (Å²) >= 11 is 0. The molecule has 150 valence electrons. The van der Waals surface area contributed by atoms with Crippen LogP contribution in [0.5, 0.6) is 5.75 Å². The molecule has 1 aliphatic rings. The highest BCUT2D eigenvalue weighted by Crippen LogP contribution is 2.41. The van der Waals surface area contributed by atoms with Crippen LogP contribution in [-0.2, 0) is 10.2 Å². The lowest BCUT2D eigenvalue weighted by Crippen LogP contribution is -2.42. The Morgan fingerprint density at radius 3 is 2.21 bits per heavy atom. The molecule has 0 radical (unpaired) electrons. The van der Waals surface area contributed by atoms with E-state index in [-0.39, 0.29) is 12.0 Å². The van der Waals surface area contributed by atoms with Gasteiger partial charge in [0.05, 0.1) is 11.5 Å². The summed E-state index contributed by atoms with van der Waals surface area (Å²) in [5.41, 5.74) is 1.53. The molecule has 0 unspecified atom stereocenters. The second-order valence-corrected chi connectivity index (χ2v) is 8.29. The Labute approximate surface area is 173 Å². The zero-order chi connectivity index (χ0) is 20.3. The fourth-order valence-corrected chi connectivity index (χ4v) is 4.54. The normalized spacial score (nSPS) is 16.0. The molecule has 1 fully saturated rings. The van der Waals surface area contributed by atoms with E-state index in [0.717, 1.165) is 53.5 Å². The van der Waals surface area contributed by atoms with E-state index >= 15 is 0 Å². The first-order valence-corrected chi connectivity index (χ1v) is 10.7. The van der Waals surface area contributed by atoms with Gasteiger partial charge in [0.1, 0.15) is 5.75 Å². The highest BCUT2D eigenvalue weighted by atomic mass is 16.5. The number of benzene rings is 3. The molecule has 0 heterocycles. The molecule has 0 saturated heterocycles. The van der Waals surface area contributed by atoms with Crippen molar-refractivity contribution in [3.8, 4) is 5.75 Å². The van der Waals surface area contributed by atoms with Gasteiger partial charge in [-0.3, -0.25) is 4.79 Å². The largest absolute Gasteiger partial charge is 0.490 e. The van der Waals surface area contributed by atoms with Gasteiger partial charge in [-0.15, -0.1) is 0 Å². The van der Waals surface area contributed by atoms with Crippen molar-refractivity contribution in [1.29, 1.82) is 0 Å². The van der Waals surface area contributed by atoms with Crippen molar-refractivity contribution in [2.24, 2.45) is 0 Å². The predicted molar refractivity (Wildman–Crippen MR) is 120 cm³/mol. The first-order chi connectivity index (χ1) is 14.1. The molecule has 1 amide bonds. The summed E-state index contributed by atoms with van der Waals surface area (Å²) < 4.78 is 5.98. The third kappa shape index (κ3) is 3.87. The van der Waals surface area contributed by atoms with Gasteiger partial charge in [-0.05, 0) is 44.4 Å². The average Bonchev–Trinajstić information content (AvgIpc) is 2.76. The van der Waals surface area contributed by atoms with Gasteiger partial charge in [0.15, 0.2) is 0 Å². The van der Waals surface area contributed by atoms with Gasteiger partial charge in [0, 0.05) is 16.5 Å². The Bertz CT molecular complexity index is 988. The summed E-state index contributed by atoms with van der Waals surface area (Å²) in [7, 11) is 0. The fourth-order valence-electron chi connectivity index (χ4n) is 4.54. The van der Waals surface area contributed by atoms with E-state index < -0.39 is 5.41 Å². The Balaban J connectivity index is 1.71. The summed E-state index contributed by atoms with van der Waals surface area (Å²) in [5.74, 6) is 0.954.